The van der Waals surface area contributed by atoms with Crippen molar-refractivity contribution in [2.75, 3.05) is 6.54 Å². The van der Waals surface area contributed by atoms with Crippen LogP contribution in [-0.4, -0.2) is 12.5 Å². The third-order valence-corrected chi connectivity index (χ3v) is 3.11. The molecule has 2 rings (SSSR count). The summed E-state index contributed by atoms with van der Waals surface area (Å²) in [4.78, 5) is 11.7. The van der Waals surface area contributed by atoms with Crippen LogP contribution in [0, 0.1) is 5.82 Å². The van der Waals surface area contributed by atoms with Gasteiger partial charge in [-0.1, -0.05) is 35.9 Å². The van der Waals surface area contributed by atoms with Gasteiger partial charge in [0.25, 0.3) is 0 Å². The zero-order valence-corrected chi connectivity index (χ0v) is 12.1. The van der Waals surface area contributed by atoms with E-state index in [9.17, 15) is 9.18 Å². The lowest BCUT2D eigenvalue weighted by molar-refractivity contribution is -0.116. The van der Waals surface area contributed by atoms with Crippen molar-refractivity contribution in [2.24, 2.45) is 0 Å². The van der Waals surface area contributed by atoms with E-state index in [1.165, 1.54) is 18.2 Å². The minimum atomic E-state index is -0.264. The molecule has 0 spiro atoms. The van der Waals surface area contributed by atoms with Gasteiger partial charge in [0.1, 0.15) is 5.82 Å². The Bertz CT molecular complexity index is 655. The molecule has 2 aromatic rings. The predicted molar refractivity (Wildman–Crippen MR) is 83.6 cm³/mol. The quantitative estimate of drug-likeness (QED) is 0.835. The van der Waals surface area contributed by atoms with Crippen molar-refractivity contribution < 1.29 is 9.18 Å². The van der Waals surface area contributed by atoms with E-state index in [1.807, 2.05) is 18.2 Å². The first-order valence-corrected chi connectivity index (χ1v) is 6.97. The highest BCUT2D eigenvalue weighted by Crippen LogP contribution is 2.11. The van der Waals surface area contributed by atoms with E-state index in [4.69, 9.17) is 11.6 Å². The van der Waals surface area contributed by atoms with Crippen LogP contribution in [0.25, 0.3) is 6.08 Å². The molecule has 0 aromatic heterocycles. The van der Waals surface area contributed by atoms with Crippen molar-refractivity contribution >= 4 is 23.6 Å². The first kappa shape index (κ1) is 15.3. The summed E-state index contributed by atoms with van der Waals surface area (Å²) in [6.07, 6.45) is 3.75. The normalized spacial score (nSPS) is 10.8. The van der Waals surface area contributed by atoms with Gasteiger partial charge >= 0.3 is 0 Å². The second kappa shape index (κ2) is 7.60. The molecule has 0 fully saturated rings. The van der Waals surface area contributed by atoms with Gasteiger partial charge in [-0.05, 0) is 47.9 Å². The summed E-state index contributed by atoms with van der Waals surface area (Å²) in [6.45, 7) is 0.460. The van der Waals surface area contributed by atoms with Crippen molar-refractivity contribution in [3.05, 3.63) is 76.6 Å². The van der Waals surface area contributed by atoms with Crippen LogP contribution in [0.2, 0.25) is 5.02 Å². The number of rotatable bonds is 5. The first-order valence-electron chi connectivity index (χ1n) is 6.59. The van der Waals surface area contributed by atoms with E-state index in [0.717, 1.165) is 11.1 Å². The fraction of sp³-hybridized carbons (Fsp3) is 0.118. The zero-order chi connectivity index (χ0) is 15.1. The third kappa shape index (κ3) is 5.40. The summed E-state index contributed by atoms with van der Waals surface area (Å²) in [5, 5.41) is 3.38. The fourth-order valence-corrected chi connectivity index (χ4v) is 2.06. The summed E-state index contributed by atoms with van der Waals surface area (Å²) in [6, 6.07) is 13.6. The standard InChI is InChI=1S/C17H15ClFNO/c18-15-5-1-3-13(11-15)7-8-17(21)20-10-9-14-4-2-6-16(19)12-14/h1-8,11-12H,9-10H2,(H,20,21)/b8-7+. The van der Waals surface area contributed by atoms with E-state index < -0.39 is 0 Å². The first-order chi connectivity index (χ1) is 10.1. The van der Waals surface area contributed by atoms with Gasteiger partial charge in [-0.25, -0.2) is 4.39 Å². The second-order valence-corrected chi connectivity index (χ2v) is 5.00. The number of halogens is 2. The average Bonchev–Trinajstić information content (AvgIpc) is 2.45. The van der Waals surface area contributed by atoms with Crippen molar-refractivity contribution in [3.63, 3.8) is 0 Å². The van der Waals surface area contributed by atoms with Gasteiger partial charge in [0.2, 0.25) is 5.91 Å². The average molecular weight is 304 g/mol. The highest BCUT2D eigenvalue weighted by atomic mass is 35.5. The molecule has 0 aliphatic rings. The number of carbonyl (C=O) groups excluding carboxylic acids is 1. The molecule has 0 atom stereocenters. The Labute approximate surface area is 128 Å². The van der Waals surface area contributed by atoms with Crippen molar-refractivity contribution in [1.29, 1.82) is 0 Å². The van der Waals surface area contributed by atoms with E-state index in [0.29, 0.717) is 18.0 Å². The van der Waals surface area contributed by atoms with E-state index in [2.05, 4.69) is 5.32 Å². The predicted octanol–water partition coefficient (Wildman–Crippen LogP) is 3.85. The number of hydrogen-bond donors (Lipinski definition) is 1. The van der Waals surface area contributed by atoms with Crippen molar-refractivity contribution in [3.8, 4) is 0 Å². The van der Waals surface area contributed by atoms with Gasteiger partial charge in [0.05, 0.1) is 0 Å². The Morgan fingerprint density at radius 1 is 1.19 bits per heavy atom. The summed E-state index contributed by atoms with van der Waals surface area (Å²) < 4.78 is 13.0. The Morgan fingerprint density at radius 2 is 2.00 bits per heavy atom. The monoisotopic (exact) mass is 303 g/mol. The molecule has 108 valence electrons. The largest absolute Gasteiger partial charge is 0.352 e. The van der Waals surface area contributed by atoms with Crippen LogP contribution < -0.4 is 5.32 Å². The smallest absolute Gasteiger partial charge is 0.244 e. The Hall–Kier alpha value is -2.13. The summed E-state index contributed by atoms with van der Waals surface area (Å²) >= 11 is 5.86. The molecule has 1 N–H and O–H groups in total. The van der Waals surface area contributed by atoms with Gasteiger partial charge in [-0.2, -0.15) is 0 Å². The lowest BCUT2D eigenvalue weighted by Gasteiger charge is -2.03. The fourth-order valence-electron chi connectivity index (χ4n) is 1.86. The zero-order valence-electron chi connectivity index (χ0n) is 11.4. The maximum absolute atomic E-state index is 13.0. The van der Waals surface area contributed by atoms with Crippen LogP contribution in [0.15, 0.2) is 54.6 Å². The maximum atomic E-state index is 13.0. The molecule has 0 bridgehead atoms. The molecular formula is C17H15ClFNO. The number of nitrogens with one attached hydrogen (secondary N) is 1. The second-order valence-electron chi connectivity index (χ2n) is 4.56. The molecule has 0 aliphatic carbocycles. The maximum Gasteiger partial charge on any atom is 0.244 e. The minimum absolute atomic E-state index is 0.189. The number of hydrogen-bond acceptors (Lipinski definition) is 1. The number of benzene rings is 2. The summed E-state index contributed by atoms with van der Waals surface area (Å²) in [7, 11) is 0. The molecule has 21 heavy (non-hydrogen) atoms. The molecule has 0 saturated carbocycles. The lowest BCUT2D eigenvalue weighted by Crippen LogP contribution is -2.23. The van der Waals surface area contributed by atoms with Gasteiger partial charge in [0.15, 0.2) is 0 Å². The number of carbonyl (C=O) groups is 1. The highest BCUT2D eigenvalue weighted by Gasteiger charge is 1.98. The molecule has 0 heterocycles. The van der Waals surface area contributed by atoms with Crippen molar-refractivity contribution in [2.45, 2.75) is 6.42 Å². The van der Waals surface area contributed by atoms with Crippen molar-refractivity contribution in [1.82, 2.24) is 5.32 Å². The van der Waals surface area contributed by atoms with Gasteiger partial charge in [-0.15, -0.1) is 0 Å². The van der Waals surface area contributed by atoms with Crippen LogP contribution >= 0.6 is 11.6 Å². The van der Waals surface area contributed by atoms with E-state index in [1.54, 1.807) is 24.3 Å². The van der Waals surface area contributed by atoms with E-state index >= 15 is 0 Å². The van der Waals surface area contributed by atoms with Crippen LogP contribution in [0.3, 0.4) is 0 Å². The topological polar surface area (TPSA) is 29.1 Å². The third-order valence-electron chi connectivity index (χ3n) is 2.88. The van der Waals surface area contributed by atoms with E-state index in [-0.39, 0.29) is 11.7 Å². The molecule has 2 aromatic carbocycles. The lowest BCUT2D eigenvalue weighted by atomic mass is 10.1. The van der Waals surface area contributed by atoms with Crippen LogP contribution in [0.5, 0.6) is 0 Å². The molecule has 0 unspecified atom stereocenters. The Morgan fingerprint density at radius 3 is 2.76 bits per heavy atom. The highest BCUT2D eigenvalue weighted by molar-refractivity contribution is 6.30. The van der Waals surface area contributed by atoms with Crippen LogP contribution in [0.1, 0.15) is 11.1 Å². The van der Waals surface area contributed by atoms with Gasteiger partial charge in [0, 0.05) is 17.6 Å². The summed E-state index contributed by atoms with van der Waals surface area (Å²) in [5.74, 6) is -0.453. The Balaban J connectivity index is 1.80. The molecule has 0 saturated heterocycles. The molecule has 1 amide bonds. The molecule has 2 nitrogen and oxygen atoms in total. The SMILES string of the molecule is O=C(/C=C/c1cccc(Cl)c1)NCCc1cccc(F)c1. The van der Waals surface area contributed by atoms with Gasteiger partial charge in [-0.3, -0.25) is 4.79 Å². The summed E-state index contributed by atoms with van der Waals surface area (Å²) in [5.41, 5.74) is 1.72. The van der Waals surface area contributed by atoms with Crippen LogP contribution in [-0.2, 0) is 11.2 Å². The molecular weight excluding hydrogens is 289 g/mol. The molecule has 0 radical (unpaired) electrons. The number of amides is 1. The molecule has 0 aliphatic heterocycles. The van der Waals surface area contributed by atoms with Gasteiger partial charge < -0.3 is 5.32 Å². The molecule has 4 heteroatoms. The van der Waals surface area contributed by atoms with Crippen LogP contribution in [0.4, 0.5) is 4.39 Å². The minimum Gasteiger partial charge on any atom is -0.352 e. The Kier molecular flexibility index (Phi) is 5.52.